The van der Waals surface area contributed by atoms with Gasteiger partial charge >= 0.3 is 0 Å². The Labute approximate surface area is 178 Å². The van der Waals surface area contributed by atoms with Gasteiger partial charge in [-0.1, -0.05) is 18.5 Å². The maximum absolute atomic E-state index is 11.6. The summed E-state index contributed by atoms with van der Waals surface area (Å²) in [5.41, 5.74) is 0. The molecule has 26 heavy (non-hydrogen) atoms. The van der Waals surface area contributed by atoms with E-state index in [0.29, 0.717) is 37.7 Å². The number of guanidine groups is 1. The molecule has 0 aliphatic rings. The Morgan fingerprint density at radius 3 is 2.54 bits per heavy atom. The molecule has 1 rings (SSSR count). The fraction of sp³-hybridized carbons (Fsp3) is 0.556. The molecular formula is C18H30ClIN4O2. The van der Waals surface area contributed by atoms with Crippen LogP contribution in [0.15, 0.2) is 29.3 Å². The zero-order chi connectivity index (χ0) is 18.5. The molecule has 0 saturated carbocycles. The molecule has 0 spiro atoms. The molecule has 0 unspecified atom stereocenters. The van der Waals surface area contributed by atoms with Crippen molar-refractivity contribution in [3.63, 3.8) is 0 Å². The molecule has 1 aromatic carbocycles. The molecular weight excluding hydrogens is 467 g/mol. The van der Waals surface area contributed by atoms with Gasteiger partial charge in [0.2, 0.25) is 5.91 Å². The Morgan fingerprint density at radius 2 is 1.92 bits per heavy atom. The van der Waals surface area contributed by atoms with Crippen molar-refractivity contribution in [1.82, 2.24) is 15.5 Å². The summed E-state index contributed by atoms with van der Waals surface area (Å²) in [5.74, 6) is 1.59. The Morgan fingerprint density at radius 1 is 1.23 bits per heavy atom. The number of carbonyl (C=O) groups excluding carboxylic acids is 1. The minimum absolute atomic E-state index is 0. The first-order valence-corrected chi connectivity index (χ1v) is 9.09. The van der Waals surface area contributed by atoms with Crippen LogP contribution < -0.4 is 15.4 Å². The number of halogens is 2. The first kappa shape index (κ1) is 24.8. The number of carbonyl (C=O) groups is 1. The summed E-state index contributed by atoms with van der Waals surface area (Å²) in [5, 5.41) is 6.77. The largest absolute Gasteiger partial charge is 0.492 e. The number of nitrogens with one attached hydrogen (secondary N) is 2. The van der Waals surface area contributed by atoms with Gasteiger partial charge in [0.1, 0.15) is 12.4 Å². The lowest BCUT2D eigenvalue weighted by molar-refractivity contribution is -0.120. The Hall–Kier alpha value is -1.22. The van der Waals surface area contributed by atoms with Crippen molar-refractivity contribution in [2.45, 2.75) is 26.7 Å². The van der Waals surface area contributed by atoms with Gasteiger partial charge < -0.3 is 20.3 Å². The molecule has 0 atom stereocenters. The smallest absolute Gasteiger partial charge is 0.221 e. The normalized spacial score (nSPS) is 10.7. The average Bonchev–Trinajstić information content (AvgIpc) is 2.60. The van der Waals surface area contributed by atoms with E-state index >= 15 is 0 Å². The van der Waals surface area contributed by atoms with Crippen molar-refractivity contribution in [3.05, 3.63) is 29.3 Å². The third-order valence-electron chi connectivity index (χ3n) is 3.38. The highest BCUT2D eigenvalue weighted by Crippen LogP contribution is 2.15. The fourth-order valence-corrected chi connectivity index (χ4v) is 2.15. The van der Waals surface area contributed by atoms with Crippen molar-refractivity contribution in [2.24, 2.45) is 4.99 Å². The molecule has 0 bridgehead atoms. The van der Waals surface area contributed by atoms with Gasteiger partial charge in [-0.3, -0.25) is 9.79 Å². The molecule has 0 heterocycles. The fourth-order valence-electron chi connectivity index (χ4n) is 2.02. The molecule has 8 heteroatoms. The number of hydrogen-bond acceptors (Lipinski definition) is 3. The van der Waals surface area contributed by atoms with Gasteiger partial charge in [-0.15, -0.1) is 24.0 Å². The zero-order valence-electron chi connectivity index (χ0n) is 15.8. The average molecular weight is 497 g/mol. The molecule has 0 fully saturated rings. The minimum Gasteiger partial charge on any atom is -0.492 e. The lowest BCUT2D eigenvalue weighted by atomic mass is 10.3. The maximum atomic E-state index is 11.6. The van der Waals surface area contributed by atoms with Gasteiger partial charge in [0.05, 0.1) is 13.1 Å². The number of aliphatic imine (C=N–C) groups is 1. The molecule has 2 N–H and O–H groups in total. The predicted molar refractivity (Wildman–Crippen MR) is 119 cm³/mol. The summed E-state index contributed by atoms with van der Waals surface area (Å²) >= 11 is 5.85. The van der Waals surface area contributed by atoms with Crippen LogP contribution in [0.2, 0.25) is 5.02 Å². The highest BCUT2D eigenvalue weighted by molar-refractivity contribution is 14.0. The second-order valence-corrected chi connectivity index (χ2v) is 6.00. The molecule has 1 aromatic rings. The van der Waals surface area contributed by atoms with Crippen molar-refractivity contribution in [2.75, 3.05) is 39.8 Å². The van der Waals surface area contributed by atoms with Crippen LogP contribution in [0.3, 0.4) is 0 Å². The van der Waals surface area contributed by atoms with Gasteiger partial charge in [-0.2, -0.15) is 0 Å². The molecule has 0 aromatic heterocycles. The molecule has 1 amide bonds. The molecule has 0 aliphatic heterocycles. The van der Waals surface area contributed by atoms with Crippen LogP contribution in [-0.4, -0.2) is 56.6 Å². The second-order valence-electron chi connectivity index (χ2n) is 5.56. The van der Waals surface area contributed by atoms with E-state index in [9.17, 15) is 4.79 Å². The standard InChI is InChI=1S/C18H29ClN4O2.HI/c1-4-11-21-17(24)10-12-22-18(20-5-2)23(3)13-14-25-16-8-6-15(19)7-9-16;/h6-9H,4-5,10-14H2,1-3H3,(H,20,22)(H,21,24);1H. The lowest BCUT2D eigenvalue weighted by Gasteiger charge is -2.22. The van der Waals surface area contributed by atoms with Crippen LogP contribution in [0.1, 0.15) is 26.7 Å². The van der Waals surface area contributed by atoms with Crippen LogP contribution in [0.25, 0.3) is 0 Å². The Kier molecular flexibility index (Phi) is 14.2. The summed E-state index contributed by atoms with van der Waals surface area (Å²) < 4.78 is 5.70. The highest BCUT2D eigenvalue weighted by Gasteiger charge is 2.06. The van der Waals surface area contributed by atoms with Crippen LogP contribution >= 0.6 is 35.6 Å². The van der Waals surface area contributed by atoms with Gasteiger partial charge in [-0.05, 0) is 37.6 Å². The summed E-state index contributed by atoms with van der Waals surface area (Å²) in [7, 11) is 1.95. The van der Waals surface area contributed by atoms with Crippen LogP contribution in [0.4, 0.5) is 0 Å². The van der Waals surface area contributed by atoms with Crippen molar-refractivity contribution < 1.29 is 9.53 Å². The predicted octanol–water partition coefficient (Wildman–Crippen LogP) is 3.15. The van der Waals surface area contributed by atoms with E-state index in [-0.39, 0.29) is 29.9 Å². The number of rotatable bonds is 10. The van der Waals surface area contributed by atoms with Gasteiger partial charge in [-0.25, -0.2) is 0 Å². The van der Waals surface area contributed by atoms with Crippen LogP contribution in [-0.2, 0) is 4.79 Å². The van der Waals surface area contributed by atoms with E-state index in [4.69, 9.17) is 16.3 Å². The Bertz CT molecular complexity index is 540. The van der Waals surface area contributed by atoms with E-state index in [1.54, 1.807) is 12.1 Å². The first-order chi connectivity index (χ1) is 12.1. The Balaban J connectivity index is 0.00000625. The van der Waals surface area contributed by atoms with Crippen molar-refractivity contribution >= 4 is 47.4 Å². The molecule has 0 saturated heterocycles. The summed E-state index contributed by atoms with van der Waals surface area (Å²) in [6.07, 6.45) is 1.33. The van der Waals surface area contributed by atoms with E-state index in [2.05, 4.69) is 15.6 Å². The van der Waals surface area contributed by atoms with Gasteiger partial charge in [0, 0.05) is 31.6 Å². The number of amides is 1. The number of benzene rings is 1. The van der Waals surface area contributed by atoms with E-state index in [0.717, 1.165) is 24.7 Å². The van der Waals surface area contributed by atoms with E-state index < -0.39 is 0 Å². The molecule has 148 valence electrons. The number of hydrogen-bond donors (Lipinski definition) is 2. The third-order valence-corrected chi connectivity index (χ3v) is 3.63. The lowest BCUT2D eigenvalue weighted by Crippen LogP contribution is -2.41. The second kappa shape index (κ2) is 14.9. The van der Waals surface area contributed by atoms with E-state index in [1.807, 2.05) is 37.9 Å². The minimum atomic E-state index is 0. The number of nitrogens with zero attached hydrogens (tertiary/aromatic N) is 2. The molecule has 0 radical (unpaired) electrons. The van der Waals surface area contributed by atoms with Crippen LogP contribution in [0, 0.1) is 0 Å². The topological polar surface area (TPSA) is 66.0 Å². The maximum Gasteiger partial charge on any atom is 0.221 e. The van der Waals surface area contributed by atoms with Crippen molar-refractivity contribution in [1.29, 1.82) is 0 Å². The van der Waals surface area contributed by atoms with Gasteiger partial charge in [0.25, 0.3) is 0 Å². The van der Waals surface area contributed by atoms with Crippen LogP contribution in [0.5, 0.6) is 5.75 Å². The first-order valence-electron chi connectivity index (χ1n) is 8.71. The molecule has 0 aliphatic carbocycles. The number of likely N-dealkylation sites (N-methyl/N-ethyl adjacent to an activating group) is 1. The van der Waals surface area contributed by atoms with E-state index in [1.165, 1.54) is 0 Å². The molecule has 6 nitrogen and oxygen atoms in total. The zero-order valence-corrected chi connectivity index (χ0v) is 18.8. The SMILES string of the molecule is CCCNC(=O)CCN=C(NCC)N(C)CCOc1ccc(Cl)cc1.I. The van der Waals surface area contributed by atoms with Gasteiger partial charge in [0.15, 0.2) is 5.96 Å². The third kappa shape index (κ3) is 10.7. The highest BCUT2D eigenvalue weighted by atomic mass is 127. The summed E-state index contributed by atoms with van der Waals surface area (Å²) in [6, 6.07) is 7.29. The quantitative estimate of drug-likeness (QED) is 0.297. The summed E-state index contributed by atoms with van der Waals surface area (Å²) in [6.45, 7) is 7.19. The monoisotopic (exact) mass is 496 g/mol. The number of ether oxygens (including phenoxy) is 1. The van der Waals surface area contributed by atoms with Crippen molar-refractivity contribution in [3.8, 4) is 5.75 Å². The summed E-state index contributed by atoms with van der Waals surface area (Å²) in [4.78, 5) is 18.1.